The number of para-hydroxylation sites is 1. The van der Waals surface area contributed by atoms with E-state index in [-0.39, 0.29) is 23.7 Å². The van der Waals surface area contributed by atoms with Crippen LogP contribution in [0.3, 0.4) is 0 Å². The summed E-state index contributed by atoms with van der Waals surface area (Å²) in [6, 6.07) is 16.7. The van der Waals surface area contributed by atoms with Gasteiger partial charge in [-0.05, 0) is 33.8 Å². The number of benzene rings is 2. The van der Waals surface area contributed by atoms with Crippen molar-refractivity contribution in [3.05, 3.63) is 65.7 Å². The number of nitrogens with zero attached hydrogens (tertiary/aromatic N) is 2. The van der Waals surface area contributed by atoms with E-state index in [1.54, 1.807) is 18.9 Å². The third-order valence-electron chi connectivity index (χ3n) is 4.56. The molecule has 2 N–H and O–H groups in total. The minimum atomic E-state index is -0.606. The number of nitrogens with one attached hydrogen (secondary N) is 2. The minimum Gasteiger partial charge on any atom is -0.379 e. The molecule has 0 amide bonds. The van der Waals surface area contributed by atoms with Gasteiger partial charge in [0.1, 0.15) is 24.0 Å². The van der Waals surface area contributed by atoms with Crippen molar-refractivity contribution in [1.29, 1.82) is 10.8 Å². The Hall–Kier alpha value is -3.12. The third-order valence-corrected chi connectivity index (χ3v) is 4.56. The van der Waals surface area contributed by atoms with E-state index >= 15 is 0 Å². The first-order valence-corrected chi connectivity index (χ1v) is 9.84. The summed E-state index contributed by atoms with van der Waals surface area (Å²) in [5.74, 6) is 0.376. The van der Waals surface area contributed by atoms with Crippen LogP contribution < -0.4 is 4.90 Å². The standard InChI is InChI=1S/C19H18N4O.C5H12O/c1-13(20)23-17-10-6-5-9-15(17)18(14-7-3-2-4-8-14)22-16(11-12-24)19(23)21;1-5(2,3)6-4/h2-10,12,16,20-21H,11H2,1H3;1-4H3. The number of hydrogen-bond donors (Lipinski definition) is 2. The fraction of sp³-hybridized carbons (Fsp3) is 0.333. The number of carbonyl (C=O) groups is 1. The molecule has 0 saturated carbocycles. The normalized spacial score (nSPS) is 15.9. The summed E-state index contributed by atoms with van der Waals surface area (Å²) in [6.07, 6.45) is 0.895. The highest BCUT2D eigenvalue weighted by Gasteiger charge is 2.30. The number of anilines is 1. The SMILES string of the molecule is CC(=N)N1C(=N)C(CC=O)N=C(c2ccccc2)c2ccccc21.COC(C)(C)C. The quantitative estimate of drug-likeness (QED) is 0.439. The van der Waals surface area contributed by atoms with E-state index in [9.17, 15) is 4.79 Å². The lowest BCUT2D eigenvalue weighted by Gasteiger charge is -2.25. The van der Waals surface area contributed by atoms with Gasteiger partial charge < -0.3 is 9.53 Å². The van der Waals surface area contributed by atoms with Gasteiger partial charge in [0.15, 0.2) is 0 Å². The van der Waals surface area contributed by atoms with Gasteiger partial charge in [-0.2, -0.15) is 0 Å². The predicted molar refractivity (Wildman–Crippen MR) is 123 cm³/mol. The van der Waals surface area contributed by atoms with Crippen molar-refractivity contribution >= 4 is 29.4 Å². The van der Waals surface area contributed by atoms with Crippen LogP contribution in [0.2, 0.25) is 0 Å². The molecule has 3 rings (SSSR count). The fourth-order valence-corrected chi connectivity index (χ4v) is 2.88. The largest absolute Gasteiger partial charge is 0.379 e. The zero-order valence-electron chi connectivity index (χ0n) is 18.3. The molecule has 1 atom stereocenters. The van der Waals surface area contributed by atoms with Crippen LogP contribution >= 0.6 is 0 Å². The molecule has 0 bridgehead atoms. The zero-order valence-corrected chi connectivity index (χ0v) is 18.3. The number of hydrogen-bond acceptors (Lipinski definition) is 5. The van der Waals surface area contributed by atoms with Gasteiger partial charge in [-0.15, -0.1) is 0 Å². The van der Waals surface area contributed by atoms with Crippen molar-refractivity contribution in [3.8, 4) is 0 Å². The molecule has 0 saturated heterocycles. The second-order valence-electron chi connectivity index (χ2n) is 7.90. The van der Waals surface area contributed by atoms with E-state index in [1.165, 1.54) is 0 Å². The van der Waals surface area contributed by atoms with Crippen molar-refractivity contribution in [1.82, 2.24) is 0 Å². The number of aldehydes is 1. The van der Waals surface area contributed by atoms with Crippen LogP contribution in [-0.4, -0.2) is 42.4 Å². The van der Waals surface area contributed by atoms with Crippen molar-refractivity contribution in [2.24, 2.45) is 4.99 Å². The predicted octanol–water partition coefficient (Wildman–Crippen LogP) is 4.71. The number of rotatable bonds is 3. The molecule has 1 aliphatic heterocycles. The van der Waals surface area contributed by atoms with Gasteiger partial charge in [0.25, 0.3) is 0 Å². The topological polar surface area (TPSA) is 89.6 Å². The molecule has 158 valence electrons. The van der Waals surface area contributed by atoms with Crippen LogP contribution in [0.25, 0.3) is 0 Å². The van der Waals surface area contributed by atoms with Crippen molar-refractivity contribution in [3.63, 3.8) is 0 Å². The molecule has 1 unspecified atom stereocenters. The molecule has 6 heteroatoms. The summed E-state index contributed by atoms with van der Waals surface area (Å²) in [5, 5.41) is 16.6. The Morgan fingerprint density at radius 3 is 2.23 bits per heavy atom. The first kappa shape index (κ1) is 23.2. The van der Waals surface area contributed by atoms with Crippen LogP contribution in [-0.2, 0) is 9.53 Å². The fourth-order valence-electron chi connectivity index (χ4n) is 2.88. The lowest BCUT2D eigenvalue weighted by molar-refractivity contribution is -0.107. The number of ether oxygens (including phenoxy) is 1. The lowest BCUT2D eigenvalue weighted by atomic mass is 10.0. The van der Waals surface area contributed by atoms with Crippen molar-refractivity contribution < 1.29 is 9.53 Å². The molecule has 2 aromatic carbocycles. The maximum Gasteiger partial charge on any atom is 0.132 e. The number of fused-ring (bicyclic) bond motifs is 1. The first-order chi connectivity index (χ1) is 14.2. The molecule has 0 aliphatic carbocycles. The highest BCUT2D eigenvalue weighted by molar-refractivity contribution is 6.26. The van der Waals surface area contributed by atoms with Gasteiger partial charge in [-0.25, -0.2) is 0 Å². The molecule has 0 fully saturated rings. The number of amidine groups is 2. The molecule has 2 aromatic rings. The molecule has 6 nitrogen and oxygen atoms in total. The van der Waals surface area contributed by atoms with Gasteiger partial charge in [0.2, 0.25) is 0 Å². The Labute approximate surface area is 178 Å². The minimum absolute atomic E-state index is 0.0417. The van der Waals surface area contributed by atoms with Crippen LogP contribution in [0.4, 0.5) is 5.69 Å². The molecule has 30 heavy (non-hydrogen) atoms. The lowest BCUT2D eigenvalue weighted by Crippen LogP contribution is -2.40. The Kier molecular flexibility index (Phi) is 7.78. The summed E-state index contributed by atoms with van der Waals surface area (Å²) in [6.45, 7) is 7.70. The van der Waals surface area contributed by atoms with Crippen LogP contribution in [0.1, 0.15) is 45.2 Å². The van der Waals surface area contributed by atoms with Gasteiger partial charge in [0, 0.05) is 24.7 Å². The van der Waals surface area contributed by atoms with E-state index in [0.717, 1.165) is 28.8 Å². The van der Waals surface area contributed by atoms with E-state index in [0.29, 0.717) is 0 Å². The van der Waals surface area contributed by atoms with Gasteiger partial charge >= 0.3 is 0 Å². The first-order valence-electron chi connectivity index (χ1n) is 9.84. The highest BCUT2D eigenvalue weighted by Crippen LogP contribution is 2.29. The van der Waals surface area contributed by atoms with E-state index in [4.69, 9.17) is 20.5 Å². The summed E-state index contributed by atoms with van der Waals surface area (Å²) in [4.78, 5) is 17.4. The summed E-state index contributed by atoms with van der Waals surface area (Å²) < 4.78 is 4.94. The molecule has 1 heterocycles. The number of methoxy groups -OCH3 is 1. The van der Waals surface area contributed by atoms with Gasteiger partial charge in [0.05, 0.1) is 17.0 Å². The van der Waals surface area contributed by atoms with E-state index in [2.05, 4.69) is 0 Å². The maximum absolute atomic E-state index is 11.1. The second kappa shape index (κ2) is 10.1. The Balaban J connectivity index is 0.000000469. The van der Waals surface area contributed by atoms with E-state index in [1.807, 2.05) is 75.4 Å². The van der Waals surface area contributed by atoms with Gasteiger partial charge in [-0.1, -0.05) is 48.5 Å². The number of aliphatic imine (C=N–C) groups is 1. The highest BCUT2D eigenvalue weighted by atomic mass is 16.5. The average molecular weight is 407 g/mol. The molecule has 0 aromatic heterocycles. The van der Waals surface area contributed by atoms with Crippen LogP contribution in [0, 0.1) is 10.8 Å². The van der Waals surface area contributed by atoms with Crippen molar-refractivity contribution in [2.45, 2.75) is 45.8 Å². The second-order valence-corrected chi connectivity index (χ2v) is 7.90. The zero-order chi connectivity index (χ0) is 22.3. The van der Waals surface area contributed by atoms with Crippen LogP contribution in [0.5, 0.6) is 0 Å². The summed E-state index contributed by atoms with van der Waals surface area (Å²) in [5.41, 5.74) is 3.31. The monoisotopic (exact) mass is 406 g/mol. The summed E-state index contributed by atoms with van der Waals surface area (Å²) in [7, 11) is 1.71. The summed E-state index contributed by atoms with van der Waals surface area (Å²) >= 11 is 0. The molecule has 0 spiro atoms. The Morgan fingerprint density at radius 1 is 1.13 bits per heavy atom. The smallest absolute Gasteiger partial charge is 0.132 e. The molecular formula is C24H30N4O2. The maximum atomic E-state index is 11.1. The van der Waals surface area contributed by atoms with Gasteiger partial charge in [-0.3, -0.25) is 20.7 Å². The number of benzodiazepines with no additional fused rings is 1. The Bertz CT molecular complexity index is 930. The molecule has 1 aliphatic rings. The van der Waals surface area contributed by atoms with Crippen molar-refractivity contribution in [2.75, 3.05) is 12.0 Å². The Morgan fingerprint density at radius 2 is 1.70 bits per heavy atom. The average Bonchev–Trinajstić information content (AvgIpc) is 2.84. The number of carbonyl (C=O) groups excluding carboxylic acids is 1. The third kappa shape index (κ3) is 5.70. The molecule has 0 radical (unpaired) electrons. The van der Waals surface area contributed by atoms with E-state index < -0.39 is 6.04 Å². The van der Waals surface area contributed by atoms with Crippen LogP contribution in [0.15, 0.2) is 59.6 Å². The molecular weight excluding hydrogens is 376 g/mol.